The van der Waals surface area contributed by atoms with Gasteiger partial charge in [-0.1, -0.05) is 15.9 Å². The van der Waals surface area contributed by atoms with E-state index in [0.29, 0.717) is 12.6 Å². The molecule has 1 N–H and O–H groups in total. The van der Waals surface area contributed by atoms with Crippen LogP contribution in [0.2, 0.25) is 0 Å². The van der Waals surface area contributed by atoms with E-state index in [4.69, 9.17) is 0 Å². The van der Waals surface area contributed by atoms with Crippen molar-refractivity contribution in [3.63, 3.8) is 0 Å². The monoisotopic (exact) mass is 312 g/mol. The fourth-order valence-corrected chi connectivity index (χ4v) is 3.55. The molecular weight excluding hydrogens is 295 g/mol. The van der Waals surface area contributed by atoms with Crippen LogP contribution in [-0.4, -0.2) is 30.6 Å². The Labute approximate surface area is 116 Å². The van der Waals surface area contributed by atoms with Crippen molar-refractivity contribution in [1.29, 1.82) is 0 Å². The van der Waals surface area contributed by atoms with E-state index in [1.54, 1.807) is 6.07 Å². The van der Waals surface area contributed by atoms with E-state index in [1.807, 2.05) is 6.07 Å². The van der Waals surface area contributed by atoms with Crippen molar-refractivity contribution < 1.29 is 4.39 Å². The van der Waals surface area contributed by atoms with Gasteiger partial charge in [-0.2, -0.15) is 0 Å². The highest BCUT2D eigenvalue weighted by molar-refractivity contribution is 9.10. The summed E-state index contributed by atoms with van der Waals surface area (Å²) in [5, 5.41) is 3.55. The number of hydrogen-bond donors (Lipinski definition) is 1. The summed E-state index contributed by atoms with van der Waals surface area (Å²) >= 11 is 3.39. The van der Waals surface area contributed by atoms with Gasteiger partial charge in [0.2, 0.25) is 0 Å². The maximum absolute atomic E-state index is 13.6. The summed E-state index contributed by atoms with van der Waals surface area (Å²) in [6.45, 7) is 4.29. The number of piperidine rings is 1. The predicted octanol–water partition coefficient (Wildman–Crippen LogP) is 2.77. The van der Waals surface area contributed by atoms with Gasteiger partial charge in [0.05, 0.1) is 0 Å². The molecule has 0 aromatic heterocycles. The summed E-state index contributed by atoms with van der Waals surface area (Å²) in [7, 11) is 0. The first-order valence-electron chi connectivity index (χ1n) is 6.62. The Morgan fingerprint density at radius 1 is 1.33 bits per heavy atom. The minimum atomic E-state index is -0.116. The molecule has 0 spiro atoms. The molecule has 2 nitrogen and oxygen atoms in total. The number of benzene rings is 1. The smallest absolute Gasteiger partial charge is 0.127 e. The van der Waals surface area contributed by atoms with Crippen LogP contribution < -0.4 is 5.32 Å². The Hall–Kier alpha value is -0.450. The highest BCUT2D eigenvalue weighted by Gasteiger charge is 2.33. The van der Waals surface area contributed by atoms with E-state index >= 15 is 0 Å². The molecule has 2 saturated heterocycles. The third kappa shape index (κ3) is 2.60. The van der Waals surface area contributed by atoms with Crippen LogP contribution in [0.5, 0.6) is 0 Å². The van der Waals surface area contributed by atoms with E-state index < -0.39 is 0 Å². The van der Waals surface area contributed by atoms with Crippen molar-refractivity contribution in [2.45, 2.75) is 25.4 Å². The molecular formula is C14H18BrFN2. The van der Waals surface area contributed by atoms with Gasteiger partial charge in [-0.25, -0.2) is 4.39 Å². The van der Waals surface area contributed by atoms with Gasteiger partial charge in [0, 0.05) is 29.2 Å². The first kappa shape index (κ1) is 12.6. The standard InChI is InChI=1S/C14H18BrFN2/c15-12-1-2-13(16)11(7-12)8-17-14-4-6-18-5-3-10(14)9-18/h1-2,7,10,14,17H,3-6,8-9H2. The topological polar surface area (TPSA) is 15.3 Å². The maximum atomic E-state index is 13.6. The van der Waals surface area contributed by atoms with Gasteiger partial charge in [-0.3, -0.25) is 0 Å². The number of rotatable bonds is 3. The van der Waals surface area contributed by atoms with Crippen LogP contribution in [0, 0.1) is 11.7 Å². The zero-order valence-corrected chi connectivity index (χ0v) is 11.9. The summed E-state index contributed by atoms with van der Waals surface area (Å²) in [5.74, 6) is 0.642. The van der Waals surface area contributed by atoms with Gasteiger partial charge in [-0.05, 0) is 50.0 Å². The largest absolute Gasteiger partial charge is 0.309 e. The van der Waals surface area contributed by atoms with Gasteiger partial charge >= 0.3 is 0 Å². The van der Waals surface area contributed by atoms with Gasteiger partial charge < -0.3 is 10.2 Å². The third-order valence-electron chi connectivity index (χ3n) is 4.20. The van der Waals surface area contributed by atoms with Gasteiger partial charge in [-0.15, -0.1) is 0 Å². The zero-order chi connectivity index (χ0) is 12.5. The Bertz CT molecular complexity index is 438. The van der Waals surface area contributed by atoms with Crippen molar-refractivity contribution in [3.8, 4) is 0 Å². The molecule has 2 heterocycles. The lowest BCUT2D eigenvalue weighted by Crippen LogP contribution is -2.43. The van der Waals surface area contributed by atoms with Crippen LogP contribution in [0.3, 0.4) is 0 Å². The first-order valence-corrected chi connectivity index (χ1v) is 7.41. The second-order valence-corrected chi connectivity index (χ2v) is 6.28. The van der Waals surface area contributed by atoms with Crippen LogP contribution in [0.1, 0.15) is 18.4 Å². The summed E-state index contributed by atoms with van der Waals surface area (Å²) < 4.78 is 14.6. The SMILES string of the molecule is Fc1ccc(Br)cc1CNC1CCN2CCC1C2. The Kier molecular flexibility index (Phi) is 3.68. The van der Waals surface area contributed by atoms with Crippen molar-refractivity contribution in [1.82, 2.24) is 10.2 Å². The molecule has 2 aliphatic rings. The normalized spacial score (nSPS) is 30.7. The molecule has 4 heteroatoms. The van der Waals surface area contributed by atoms with Gasteiger partial charge in [0.25, 0.3) is 0 Å². The highest BCUT2D eigenvalue weighted by Crippen LogP contribution is 2.27. The lowest BCUT2D eigenvalue weighted by Gasteiger charge is -2.31. The molecule has 18 heavy (non-hydrogen) atoms. The van der Waals surface area contributed by atoms with E-state index in [1.165, 1.54) is 38.5 Å². The molecule has 2 fully saturated rings. The molecule has 0 radical (unpaired) electrons. The molecule has 98 valence electrons. The number of hydrogen-bond acceptors (Lipinski definition) is 2. The minimum Gasteiger partial charge on any atom is -0.309 e. The summed E-state index contributed by atoms with van der Waals surface area (Å²) in [6.07, 6.45) is 2.49. The molecule has 3 unspecified atom stereocenters. The fourth-order valence-electron chi connectivity index (χ4n) is 3.14. The summed E-state index contributed by atoms with van der Waals surface area (Å²) in [5.41, 5.74) is 0.754. The van der Waals surface area contributed by atoms with Gasteiger partial charge in [0.1, 0.15) is 5.82 Å². The van der Waals surface area contributed by atoms with Crippen LogP contribution in [0.25, 0.3) is 0 Å². The second-order valence-electron chi connectivity index (χ2n) is 5.36. The van der Waals surface area contributed by atoms with Crippen molar-refractivity contribution in [2.75, 3.05) is 19.6 Å². The lowest BCUT2D eigenvalue weighted by molar-refractivity contribution is 0.220. The molecule has 0 amide bonds. The molecule has 2 aliphatic heterocycles. The van der Waals surface area contributed by atoms with Crippen molar-refractivity contribution >= 4 is 15.9 Å². The summed E-state index contributed by atoms with van der Waals surface area (Å²) in [4.78, 5) is 2.53. The molecule has 1 aromatic rings. The van der Waals surface area contributed by atoms with Crippen LogP contribution in [-0.2, 0) is 6.54 Å². The fraction of sp³-hybridized carbons (Fsp3) is 0.571. The summed E-state index contributed by atoms with van der Waals surface area (Å²) in [6, 6.07) is 5.70. The Morgan fingerprint density at radius 3 is 3.06 bits per heavy atom. The Morgan fingerprint density at radius 2 is 2.17 bits per heavy atom. The maximum Gasteiger partial charge on any atom is 0.127 e. The molecule has 3 atom stereocenters. The minimum absolute atomic E-state index is 0.116. The zero-order valence-electron chi connectivity index (χ0n) is 10.3. The lowest BCUT2D eigenvalue weighted by atomic mass is 9.94. The number of halogens is 2. The second kappa shape index (κ2) is 5.27. The number of nitrogens with one attached hydrogen (secondary N) is 1. The van der Waals surface area contributed by atoms with Crippen LogP contribution in [0.4, 0.5) is 4.39 Å². The van der Waals surface area contributed by atoms with Crippen LogP contribution >= 0.6 is 15.9 Å². The van der Waals surface area contributed by atoms with E-state index in [2.05, 4.69) is 26.1 Å². The van der Waals surface area contributed by atoms with E-state index in [9.17, 15) is 4.39 Å². The van der Waals surface area contributed by atoms with Crippen LogP contribution in [0.15, 0.2) is 22.7 Å². The molecule has 1 aromatic carbocycles. The first-order chi connectivity index (χ1) is 8.72. The Balaban J connectivity index is 1.62. The van der Waals surface area contributed by atoms with Crippen molar-refractivity contribution in [2.24, 2.45) is 5.92 Å². The molecule has 3 rings (SSSR count). The molecule has 0 saturated carbocycles. The quantitative estimate of drug-likeness (QED) is 0.923. The number of fused-ring (bicyclic) bond motifs is 2. The van der Waals surface area contributed by atoms with E-state index in [-0.39, 0.29) is 5.82 Å². The van der Waals surface area contributed by atoms with Crippen molar-refractivity contribution in [3.05, 3.63) is 34.1 Å². The van der Waals surface area contributed by atoms with E-state index in [0.717, 1.165) is 16.0 Å². The molecule has 0 aliphatic carbocycles. The highest BCUT2D eigenvalue weighted by atomic mass is 79.9. The van der Waals surface area contributed by atoms with Gasteiger partial charge in [0.15, 0.2) is 0 Å². The third-order valence-corrected chi connectivity index (χ3v) is 4.69. The average molecular weight is 313 g/mol. The molecule has 2 bridgehead atoms. The predicted molar refractivity (Wildman–Crippen MR) is 73.9 cm³/mol. The number of nitrogens with zero attached hydrogens (tertiary/aromatic N) is 1. The average Bonchev–Trinajstić information content (AvgIpc) is 2.75.